The molecule has 0 radical (unpaired) electrons. The normalized spacial score (nSPS) is 20.8. The van der Waals surface area contributed by atoms with Crippen LogP contribution >= 0.6 is 11.8 Å². The SMILES string of the molecule is NC(=O)C1SCCc2ccccc21. The number of primary amides is 1. The van der Waals surface area contributed by atoms with Crippen LogP contribution in [0.5, 0.6) is 0 Å². The van der Waals surface area contributed by atoms with E-state index in [0.717, 1.165) is 17.7 Å². The maximum atomic E-state index is 11.1. The minimum absolute atomic E-state index is 0.134. The third-order valence-corrected chi connectivity index (χ3v) is 3.51. The van der Waals surface area contributed by atoms with Crippen molar-refractivity contribution >= 4 is 17.7 Å². The van der Waals surface area contributed by atoms with Gasteiger partial charge in [-0.2, -0.15) is 0 Å². The number of fused-ring (bicyclic) bond motifs is 1. The first-order valence-electron chi connectivity index (χ1n) is 4.28. The van der Waals surface area contributed by atoms with Gasteiger partial charge in [0, 0.05) is 0 Å². The van der Waals surface area contributed by atoms with Gasteiger partial charge in [-0.25, -0.2) is 0 Å². The molecular formula is C10H11NOS. The molecule has 1 aromatic carbocycles. The molecule has 0 aromatic heterocycles. The quantitative estimate of drug-likeness (QED) is 0.734. The zero-order valence-electron chi connectivity index (χ0n) is 7.19. The molecule has 1 unspecified atom stereocenters. The van der Waals surface area contributed by atoms with Gasteiger partial charge in [0.25, 0.3) is 0 Å². The Morgan fingerprint density at radius 3 is 3.00 bits per heavy atom. The van der Waals surface area contributed by atoms with Crippen molar-refractivity contribution in [2.24, 2.45) is 5.73 Å². The minimum Gasteiger partial charge on any atom is -0.368 e. The van der Waals surface area contributed by atoms with Crippen LogP contribution in [0.25, 0.3) is 0 Å². The summed E-state index contributed by atoms with van der Waals surface area (Å²) < 4.78 is 0. The van der Waals surface area contributed by atoms with E-state index in [1.807, 2.05) is 18.2 Å². The lowest BCUT2D eigenvalue weighted by Crippen LogP contribution is -2.23. The highest BCUT2D eigenvalue weighted by atomic mass is 32.2. The van der Waals surface area contributed by atoms with E-state index < -0.39 is 0 Å². The standard InChI is InChI=1S/C10H11NOS/c11-10(12)9-8-4-2-1-3-7(8)5-6-13-9/h1-4,9H,5-6H2,(H2,11,12). The summed E-state index contributed by atoms with van der Waals surface area (Å²) in [4.78, 5) is 11.1. The van der Waals surface area contributed by atoms with Crippen LogP contribution in [0.3, 0.4) is 0 Å². The van der Waals surface area contributed by atoms with Crippen LogP contribution in [0.2, 0.25) is 0 Å². The van der Waals surface area contributed by atoms with Gasteiger partial charge in [-0.3, -0.25) is 4.79 Å². The van der Waals surface area contributed by atoms with Crippen LogP contribution < -0.4 is 5.73 Å². The maximum Gasteiger partial charge on any atom is 0.235 e. The van der Waals surface area contributed by atoms with Crippen molar-refractivity contribution < 1.29 is 4.79 Å². The number of amides is 1. The molecule has 2 rings (SSSR count). The topological polar surface area (TPSA) is 43.1 Å². The highest BCUT2D eigenvalue weighted by Crippen LogP contribution is 2.35. The summed E-state index contributed by atoms with van der Waals surface area (Å²) in [6.45, 7) is 0. The molecule has 1 aromatic rings. The summed E-state index contributed by atoms with van der Waals surface area (Å²) in [6.07, 6.45) is 1.05. The van der Waals surface area contributed by atoms with Crippen molar-refractivity contribution in [3.8, 4) is 0 Å². The van der Waals surface area contributed by atoms with Gasteiger partial charge in [0.15, 0.2) is 0 Å². The molecule has 1 aliphatic rings. The summed E-state index contributed by atoms with van der Waals surface area (Å²) in [5.74, 6) is 0.766. The molecule has 1 aliphatic heterocycles. The van der Waals surface area contributed by atoms with Crippen molar-refractivity contribution in [1.29, 1.82) is 0 Å². The van der Waals surface area contributed by atoms with Gasteiger partial charge in [-0.15, -0.1) is 11.8 Å². The predicted octanol–water partition coefficient (Wildman–Crippen LogP) is 1.50. The van der Waals surface area contributed by atoms with Gasteiger partial charge in [0.05, 0.1) is 0 Å². The van der Waals surface area contributed by atoms with Crippen LogP contribution in [-0.4, -0.2) is 11.7 Å². The highest BCUT2D eigenvalue weighted by molar-refractivity contribution is 8.00. The van der Waals surface area contributed by atoms with Gasteiger partial charge < -0.3 is 5.73 Å². The fourth-order valence-corrected chi connectivity index (χ4v) is 2.78. The fraction of sp³-hybridized carbons (Fsp3) is 0.300. The Labute approximate surface area is 81.5 Å². The van der Waals surface area contributed by atoms with E-state index in [-0.39, 0.29) is 11.2 Å². The predicted molar refractivity (Wildman–Crippen MR) is 54.5 cm³/mol. The number of hydrogen-bond acceptors (Lipinski definition) is 2. The first kappa shape index (κ1) is 8.63. The van der Waals surface area contributed by atoms with Crippen LogP contribution in [-0.2, 0) is 11.2 Å². The summed E-state index contributed by atoms with van der Waals surface area (Å²) in [5, 5.41) is -0.134. The first-order chi connectivity index (χ1) is 6.29. The van der Waals surface area contributed by atoms with Gasteiger partial charge in [-0.1, -0.05) is 24.3 Å². The Kier molecular flexibility index (Phi) is 2.27. The van der Waals surface area contributed by atoms with Crippen LogP contribution in [0.1, 0.15) is 16.4 Å². The van der Waals surface area contributed by atoms with E-state index in [1.165, 1.54) is 5.56 Å². The number of carbonyl (C=O) groups is 1. The van der Waals surface area contributed by atoms with Crippen LogP contribution in [0, 0.1) is 0 Å². The minimum atomic E-state index is -0.225. The second-order valence-electron chi connectivity index (χ2n) is 3.10. The average molecular weight is 193 g/mol. The number of benzene rings is 1. The Balaban J connectivity index is 2.42. The first-order valence-corrected chi connectivity index (χ1v) is 5.32. The molecule has 3 heteroatoms. The third-order valence-electron chi connectivity index (χ3n) is 2.25. The van der Waals surface area contributed by atoms with Gasteiger partial charge in [-0.05, 0) is 23.3 Å². The number of carbonyl (C=O) groups excluding carboxylic acids is 1. The summed E-state index contributed by atoms with van der Waals surface area (Å²) >= 11 is 1.64. The van der Waals surface area contributed by atoms with Crippen molar-refractivity contribution in [2.75, 3.05) is 5.75 Å². The van der Waals surface area contributed by atoms with Crippen molar-refractivity contribution in [3.05, 3.63) is 35.4 Å². The lowest BCUT2D eigenvalue weighted by molar-refractivity contribution is -0.117. The molecular weight excluding hydrogens is 182 g/mol. The fourth-order valence-electron chi connectivity index (χ4n) is 1.63. The maximum absolute atomic E-state index is 11.1. The molecule has 2 nitrogen and oxygen atoms in total. The van der Waals surface area contributed by atoms with E-state index in [1.54, 1.807) is 11.8 Å². The van der Waals surface area contributed by atoms with E-state index in [0.29, 0.717) is 0 Å². The molecule has 1 amide bonds. The highest BCUT2D eigenvalue weighted by Gasteiger charge is 2.24. The van der Waals surface area contributed by atoms with E-state index in [9.17, 15) is 4.79 Å². The second-order valence-corrected chi connectivity index (χ2v) is 4.31. The number of nitrogens with two attached hydrogens (primary N) is 1. The van der Waals surface area contributed by atoms with Crippen molar-refractivity contribution in [1.82, 2.24) is 0 Å². The molecule has 1 atom stereocenters. The summed E-state index contributed by atoms with van der Waals surface area (Å²) in [7, 11) is 0. The molecule has 68 valence electrons. The Morgan fingerprint density at radius 1 is 1.46 bits per heavy atom. The van der Waals surface area contributed by atoms with Crippen LogP contribution in [0.4, 0.5) is 0 Å². The van der Waals surface area contributed by atoms with Crippen molar-refractivity contribution in [3.63, 3.8) is 0 Å². The molecule has 0 fully saturated rings. The molecule has 0 aliphatic carbocycles. The number of hydrogen-bond donors (Lipinski definition) is 1. The van der Waals surface area contributed by atoms with E-state index in [2.05, 4.69) is 6.07 Å². The number of rotatable bonds is 1. The Bertz CT molecular complexity index is 337. The number of thioether (sulfide) groups is 1. The van der Waals surface area contributed by atoms with E-state index >= 15 is 0 Å². The lowest BCUT2D eigenvalue weighted by Gasteiger charge is -2.22. The molecule has 13 heavy (non-hydrogen) atoms. The zero-order valence-corrected chi connectivity index (χ0v) is 8.01. The third kappa shape index (κ3) is 1.56. The van der Waals surface area contributed by atoms with Gasteiger partial charge >= 0.3 is 0 Å². The molecule has 0 spiro atoms. The molecule has 0 saturated heterocycles. The van der Waals surface area contributed by atoms with Crippen molar-refractivity contribution in [2.45, 2.75) is 11.7 Å². The van der Waals surface area contributed by atoms with Gasteiger partial charge in [0.2, 0.25) is 5.91 Å². The number of aryl methyl sites for hydroxylation is 1. The summed E-state index contributed by atoms with van der Waals surface area (Å²) in [6, 6.07) is 8.04. The van der Waals surface area contributed by atoms with Crippen LogP contribution in [0.15, 0.2) is 24.3 Å². The average Bonchev–Trinajstić information content (AvgIpc) is 2.17. The second kappa shape index (κ2) is 3.42. The molecule has 2 N–H and O–H groups in total. The largest absolute Gasteiger partial charge is 0.368 e. The smallest absolute Gasteiger partial charge is 0.235 e. The van der Waals surface area contributed by atoms with E-state index in [4.69, 9.17) is 5.73 Å². The molecule has 1 heterocycles. The molecule has 0 saturated carbocycles. The Morgan fingerprint density at radius 2 is 2.23 bits per heavy atom. The molecule has 0 bridgehead atoms. The Hall–Kier alpha value is -0.960. The summed E-state index contributed by atoms with van der Waals surface area (Å²) in [5.41, 5.74) is 7.69. The lowest BCUT2D eigenvalue weighted by atomic mass is 10.0. The monoisotopic (exact) mass is 193 g/mol. The van der Waals surface area contributed by atoms with Gasteiger partial charge in [0.1, 0.15) is 5.25 Å². The zero-order chi connectivity index (χ0) is 9.26.